The van der Waals surface area contributed by atoms with Crippen molar-refractivity contribution in [3.05, 3.63) is 64.5 Å². The molecule has 0 atom stereocenters. The predicted molar refractivity (Wildman–Crippen MR) is 84.5 cm³/mol. The Bertz CT molecular complexity index is 955. The summed E-state index contributed by atoms with van der Waals surface area (Å²) in [5.41, 5.74) is 1.56. The van der Waals surface area contributed by atoms with E-state index in [1.807, 2.05) is 6.92 Å². The first-order chi connectivity index (χ1) is 11.5. The number of tetrazole rings is 1. The van der Waals surface area contributed by atoms with Crippen LogP contribution in [-0.4, -0.2) is 19.8 Å². The van der Waals surface area contributed by atoms with Crippen molar-refractivity contribution in [2.45, 2.75) is 13.5 Å². The zero-order chi connectivity index (χ0) is 17.3. The van der Waals surface area contributed by atoms with Crippen molar-refractivity contribution in [1.82, 2.24) is 19.8 Å². The number of benzene rings is 1. The fraction of sp³-hybridized carbons (Fsp3) is 0.188. The van der Waals surface area contributed by atoms with Gasteiger partial charge in [-0.2, -0.15) is 9.36 Å². The lowest BCUT2D eigenvalue weighted by atomic mass is 10.2. The number of hydrogen-bond acceptors (Lipinski definition) is 5. The minimum absolute atomic E-state index is 0.161. The second-order valence-electron chi connectivity index (χ2n) is 4.95. The van der Waals surface area contributed by atoms with Gasteiger partial charge in [-0.05, 0) is 35.1 Å². The highest BCUT2D eigenvalue weighted by Gasteiger charge is 2.18. The van der Waals surface area contributed by atoms with Gasteiger partial charge < -0.3 is 9.15 Å². The number of aryl methyl sites for hydroxylation is 2. The molecule has 0 saturated heterocycles. The Morgan fingerprint density at radius 1 is 1.48 bits per heavy atom. The van der Waals surface area contributed by atoms with Gasteiger partial charge in [0.1, 0.15) is 30.1 Å². The molecule has 0 fully saturated rings. The molecule has 7 heteroatoms. The molecule has 0 saturated carbocycles. The molecule has 0 aliphatic heterocycles. The van der Waals surface area contributed by atoms with Crippen LogP contribution in [0.4, 0.5) is 0 Å². The second-order valence-corrected chi connectivity index (χ2v) is 4.95. The summed E-state index contributed by atoms with van der Waals surface area (Å²) in [5, 5.41) is 7.52. The molecule has 2 aromatic heterocycles. The van der Waals surface area contributed by atoms with Gasteiger partial charge in [0.15, 0.2) is 0 Å². The van der Waals surface area contributed by atoms with Gasteiger partial charge in [-0.3, -0.25) is 0 Å². The zero-order valence-corrected chi connectivity index (χ0v) is 12.8. The zero-order valence-electron chi connectivity index (χ0n) is 13.8. The average Bonchev–Trinajstić information content (AvgIpc) is 3.10. The van der Waals surface area contributed by atoms with E-state index < -0.39 is 0 Å². The van der Waals surface area contributed by atoms with E-state index in [-0.39, 0.29) is 12.3 Å². The van der Waals surface area contributed by atoms with E-state index in [1.54, 1.807) is 24.3 Å². The molecule has 23 heavy (non-hydrogen) atoms. The van der Waals surface area contributed by atoms with Crippen LogP contribution in [0.2, 0.25) is 0 Å². The lowest BCUT2D eigenvalue weighted by molar-refractivity contribution is 0.301. The van der Waals surface area contributed by atoms with Crippen LogP contribution in [0.3, 0.4) is 0 Å². The first kappa shape index (κ1) is 13.6. The summed E-state index contributed by atoms with van der Waals surface area (Å²) in [6.45, 7) is 5.74. The summed E-state index contributed by atoms with van der Waals surface area (Å²) in [6, 6.07) is 5.52. The van der Waals surface area contributed by atoms with Crippen molar-refractivity contribution < 1.29 is 10.5 Å². The molecule has 0 aliphatic rings. The summed E-state index contributed by atoms with van der Waals surface area (Å²) < 4.78 is 21.1. The summed E-state index contributed by atoms with van der Waals surface area (Å²) >= 11 is 0. The quantitative estimate of drug-likeness (QED) is 0.721. The molecule has 0 unspecified atom stereocenters. The minimum atomic E-state index is -0.387. The fourth-order valence-corrected chi connectivity index (χ4v) is 2.16. The first-order valence-electron chi connectivity index (χ1n) is 7.43. The Labute approximate surface area is 133 Å². The van der Waals surface area contributed by atoms with E-state index in [0.29, 0.717) is 28.8 Å². The van der Waals surface area contributed by atoms with Crippen molar-refractivity contribution in [3.63, 3.8) is 0 Å². The van der Waals surface area contributed by atoms with Gasteiger partial charge in [0.25, 0.3) is 0 Å². The molecule has 118 valence electrons. The highest BCUT2D eigenvalue weighted by atomic mass is 16.5. The number of ether oxygens (including phenoxy) is 1. The highest BCUT2D eigenvalue weighted by molar-refractivity contribution is 5.53. The molecule has 3 rings (SSSR count). The van der Waals surface area contributed by atoms with Crippen LogP contribution in [0.15, 0.2) is 46.3 Å². The largest absolute Gasteiger partial charge is 0.488 e. The molecule has 1 aromatic carbocycles. The van der Waals surface area contributed by atoms with Gasteiger partial charge in [0.2, 0.25) is 0 Å². The molecular formula is C16H16N4O3. The second kappa shape index (κ2) is 5.96. The van der Waals surface area contributed by atoms with Crippen LogP contribution in [0.25, 0.3) is 11.8 Å². The highest BCUT2D eigenvalue weighted by Crippen LogP contribution is 2.24. The third-order valence-corrected chi connectivity index (χ3v) is 3.43. The molecule has 2 heterocycles. The van der Waals surface area contributed by atoms with Gasteiger partial charge in [0.05, 0.1) is 6.93 Å². The minimum Gasteiger partial charge on any atom is -0.488 e. The number of furan rings is 1. The maximum absolute atomic E-state index is 12.1. The number of rotatable bonds is 5. The number of para-hydroxylation sites is 1. The van der Waals surface area contributed by atoms with Crippen molar-refractivity contribution in [2.75, 3.05) is 0 Å². The fourth-order valence-electron chi connectivity index (χ4n) is 2.16. The van der Waals surface area contributed by atoms with Crippen LogP contribution in [0.1, 0.15) is 18.3 Å². The maximum Gasteiger partial charge on any atom is 0.368 e. The molecule has 0 N–H and O–H groups in total. The van der Waals surface area contributed by atoms with Crippen LogP contribution >= 0.6 is 0 Å². The van der Waals surface area contributed by atoms with Crippen LogP contribution in [0, 0.1) is 6.92 Å². The van der Waals surface area contributed by atoms with Crippen molar-refractivity contribution in [1.29, 1.82) is 0 Å². The molecule has 7 nitrogen and oxygen atoms in total. The molecular weight excluding hydrogens is 296 g/mol. The Morgan fingerprint density at radius 2 is 2.30 bits per heavy atom. The van der Waals surface area contributed by atoms with Crippen molar-refractivity contribution >= 4 is 6.08 Å². The topological polar surface area (TPSA) is 75.1 Å². The molecule has 0 radical (unpaired) electrons. The van der Waals surface area contributed by atoms with E-state index in [1.165, 1.54) is 13.3 Å². The molecule has 0 spiro atoms. The van der Waals surface area contributed by atoms with E-state index in [0.717, 1.165) is 14.9 Å². The standard InChI is InChI=1S/C16H16N4O3/c1-4-14-12(9-22-15-8-6-5-7-11(15)2)13(10-23-14)20-16(21)19(3)17-18-20/h4-8,10H,1,9H2,2-3H3/i5T. The summed E-state index contributed by atoms with van der Waals surface area (Å²) in [7, 11) is 1.52. The third-order valence-electron chi connectivity index (χ3n) is 3.43. The van der Waals surface area contributed by atoms with Crippen molar-refractivity contribution in [2.24, 2.45) is 7.05 Å². The Balaban J connectivity index is 1.95. The van der Waals surface area contributed by atoms with Gasteiger partial charge >= 0.3 is 5.69 Å². The SMILES string of the molecule is [3H]c1ccc(OCc2c(-n3nnn(C)c3=O)coc2C=C)c(C)c1. The summed E-state index contributed by atoms with van der Waals surface area (Å²) in [6.07, 6.45) is 2.97. The smallest absolute Gasteiger partial charge is 0.368 e. The summed E-state index contributed by atoms with van der Waals surface area (Å²) in [4.78, 5) is 12.1. The Hall–Kier alpha value is -3.09. The van der Waals surface area contributed by atoms with E-state index in [2.05, 4.69) is 17.0 Å². The molecule has 0 amide bonds. The lowest BCUT2D eigenvalue weighted by Crippen LogP contribution is -2.22. The Morgan fingerprint density at radius 3 is 2.96 bits per heavy atom. The van der Waals surface area contributed by atoms with Gasteiger partial charge in [-0.1, -0.05) is 24.8 Å². The lowest BCUT2D eigenvalue weighted by Gasteiger charge is -2.09. The monoisotopic (exact) mass is 314 g/mol. The van der Waals surface area contributed by atoms with Crippen molar-refractivity contribution in [3.8, 4) is 11.4 Å². The number of hydrogen-bond donors (Lipinski definition) is 0. The van der Waals surface area contributed by atoms with Gasteiger partial charge in [-0.25, -0.2) is 4.79 Å². The van der Waals surface area contributed by atoms with Gasteiger partial charge in [-0.15, -0.1) is 0 Å². The van der Waals surface area contributed by atoms with Crippen LogP contribution < -0.4 is 10.4 Å². The number of aromatic nitrogens is 4. The third kappa shape index (κ3) is 2.68. The normalized spacial score (nSPS) is 11.3. The van der Waals surface area contributed by atoms with E-state index >= 15 is 0 Å². The first-order valence-corrected chi connectivity index (χ1v) is 6.93. The van der Waals surface area contributed by atoms with E-state index in [4.69, 9.17) is 10.5 Å². The molecule has 0 bridgehead atoms. The van der Waals surface area contributed by atoms with Crippen LogP contribution in [-0.2, 0) is 13.7 Å². The Kier molecular flexibility index (Phi) is 3.51. The predicted octanol–water partition coefficient (Wildman–Crippen LogP) is 2.09. The molecule has 3 aromatic rings. The van der Waals surface area contributed by atoms with E-state index in [9.17, 15) is 4.79 Å². The number of nitrogens with zero attached hydrogens (tertiary/aromatic N) is 4. The summed E-state index contributed by atoms with van der Waals surface area (Å²) in [5.74, 6) is 1.15. The molecule has 0 aliphatic carbocycles. The average molecular weight is 314 g/mol. The maximum atomic E-state index is 12.1. The van der Waals surface area contributed by atoms with Gasteiger partial charge in [0, 0.05) is 7.05 Å². The van der Waals surface area contributed by atoms with Crippen LogP contribution in [0.5, 0.6) is 5.75 Å².